The van der Waals surface area contributed by atoms with E-state index in [-0.39, 0.29) is 17.7 Å². The molecule has 0 radical (unpaired) electrons. The number of halogens is 1. The lowest BCUT2D eigenvalue weighted by atomic mass is 9.86. The van der Waals surface area contributed by atoms with Gasteiger partial charge in [0.15, 0.2) is 5.78 Å². The molecule has 1 aliphatic heterocycles. The highest BCUT2D eigenvalue weighted by molar-refractivity contribution is 6.44. The number of hydrogen-bond acceptors (Lipinski definition) is 5. The summed E-state index contributed by atoms with van der Waals surface area (Å²) in [5.41, 5.74) is 1.02. The highest BCUT2D eigenvalue weighted by atomic mass is 19.1. The molecule has 1 fully saturated rings. The van der Waals surface area contributed by atoms with E-state index in [1.165, 1.54) is 25.2 Å². The molecule has 0 aliphatic carbocycles. The molecule has 7 heteroatoms. The van der Waals surface area contributed by atoms with Crippen molar-refractivity contribution in [1.82, 2.24) is 4.90 Å². The van der Waals surface area contributed by atoms with Gasteiger partial charge in [0, 0.05) is 23.2 Å². The molecule has 0 spiro atoms. The van der Waals surface area contributed by atoms with E-state index in [0.717, 1.165) is 0 Å². The molecule has 6 nitrogen and oxygen atoms in total. The number of rotatable bonds is 7. The van der Waals surface area contributed by atoms with Gasteiger partial charge in [0.2, 0.25) is 5.78 Å². The van der Waals surface area contributed by atoms with Gasteiger partial charge in [-0.2, -0.15) is 0 Å². The number of ketones is 2. The molecule has 2 atom stereocenters. The van der Waals surface area contributed by atoms with Crippen molar-refractivity contribution in [2.24, 2.45) is 5.92 Å². The Morgan fingerprint density at radius 2 is 1.58 bits per heavy atom. The van der Waals surface area contributed by atoms with Crippen LogP contribution in [0.25, 0.3) is 0 Å². The average Bonchev–Trinajstić information content (AvgIpc) is 3.09. The van der Waals surface area contributed by atoms with Crippen molar-refractivity contribution in [1.29, 1.82) is 0 Å². The van der Waals surface area contributed by atoms with Crippen molar-refractivity contribution in [2.45, 2.75) is 12.6 Å². The van der Waals surface area contributed by atoms with Crippen molar-refractivity contribution >= 4 is 17.5 Å². The van der Waals surface area contributed by atoms with Gasteiger partial charge >= 0.3 is 0 Å². The Morgan fingerprint density at radius 3 is 2.24 bits per heavy atom. The van der Waals surface area contributed by atoms with Crippen LogP contribution in [0.2, 0.25) is 0 Å². The van der Waals surface area contributed by atoms with E-state index >= 15 is 0 Å². The number of benzene rings is 3. The molecule has 3 aromatic carbocycles. The summed E-state index contributed by atoms with van der Waals surface area (Å²) < 4.78 is 25.0. The Hall–Kier alpha value is -4.00. The van der Waals surface area contributed by atoms with E-state index < -0.39 is 35.3 Å². The van der Waals surface area contributed by atoms with Crippen LogP contribution in [0.15, 0.2) is 72.8 Å². The summed E-state index contributed by atoms with van der Waals surface area (Å²) in [4.78, 5) is 41.0. The smallest absolute Gasteiger partial charge is 0.291 e. The van der Waals surface area contributed by atoms with Crippen LogP contribution >= 0.6 is 0 Å². The fraction of sp³-hybridized carbons (Fsp3) is 0.192. The van der Waals surface area contributed by atoms with Gasteiger partial charge in [0.05, 0.1) is 20.3 Å². The third-order valence-electron chi connectivity index (χ3n) is 5.82. The van der Waals surface area contributed by atoms with Crippen molar-refractivity contribution in [3.8, 4) is 11.5 Å². The second-order valence-electron chi connectivity index (χ2n) is 7.65. The monoisotopic (exact) mass is 447 g/mol. The summed E-state index contributed by atoms with van der Waals surface area (Å²) in [5, 5.41) is 0. The topological polar surface area (TPSA) is 72.9 Å². The first-order valence-corrected chi connectivity index (χ1v) is 10.4. The lowest BCUT2D eigenvalue weighted by molar-refractivity contribution is -0.141. The lowest BCUT2D eigenvalue weighted by Crippen LogP contribution is -2.31. The van der Waals surface area contributed by atoms with Crippen molar-refractivity contribution in [3.05, 3.63) is 95.3 Å². The van der Waals surface area contributed by atoms with Crippen LogP contribution in [0.1, 0.15) is 27.5 Å². The van der Waals surface area contributed by atoms with Crippen molar-refractivity contribution < 1.29 is 28.2 Å². The molecule has 0 bridgehead atoms. The van der Waals surface area contributed by atoms with Gasteiger partial charge in [-0.05, 0) is 36.4 Å². The van der Waals surface area contributed by atoms with E-state index in [0.29, 0.717) is 17.1 Å². The molecule has 4 rings (SSSR count). The summed E-state index contributed by atoms with van der Waals surface area (Å²) in [6.45, 7) is -0.160. The van der Waals surface area contributed by atoms with Crippen LogP contribution in [0.4, 0.5) is 4.39 Å². The zero-order valence-electron chi connectivity index (χ0n) is 18.2. The molecular formula is C26H22FNO5. The molecule has 2 unspecified atom stereocenters. The number of amides is 1. The van der Waals surface area contributed by atoms with E-state index in [1.54, 1.807) is 66.7 Å². The van der Waals surface area contributed by atoms with Crippen molar-refractivity contribution in [3.63, 3.8) is 0 Å². The number of Topliss-reactive ketones (excluding diaryl/α,β-unsaturated/α-hetero) is 2. The highest BCUT2D eigenvalue weighted by Gasteiger charge is 2.52. The summed E-state index contributed by atoms with van der Waals surface area (Å²) in [6, 6.07) is 18.3. The molecule has 1 saturated heterocycles. The van der Waals surface area contributed by atoms with Gasteiger partial charge in [-0.1, -0.05) is 36.4 Å². The molecule has 0 N–H and O–H groups in total. The fourth-order valence-corrected chi connectivity index (χ4v) is 4.16. The quantitative estimate of drug-likeness (QED) is 0.311. The first kappa shape index (κ1) is 22.2. The molecule has 0 aromatic heterocycles. The maximum atomic E-state index is 14.4. The average molecular weight is 447 g/mol. The minimum atomic E-state index is -1.30. The Kier molecular flexibility index (Phi) is 6.22. The third-order valence-corrected chi connectivity index (χ3v) is 5.82. The van der Waals surface area contributed by atoms with Gasteiger partial charge in [-0.15, -0.1) is 0 Å². The Labute approximate surface area is 190 Å². The van der Waals surface area contributed by atoms with Crippen LogP contribution in [0.3, 0.4) is 0 Å². The van der Waals surface area contributed by atoms with Gasteiger partial charge in [0.25, 0.3) is 5.91 Å². The summed E-state index contributed by atoms with van der Waals surface area (Å²) in [7, 11) is 2.98. The SMILES string of the molecule is COc1ccc(C(=O)C2C(=O)C(=O)N(Cc3ccccc3F)C2c2ccccc2OC)cc1. The molecule has 3 aromatic rings. The summed E-state index contributed by atoms with van der Waals surface area (Å²) in [5.74, 6) is -2.97. The van der Waals surface area contributed by atoms with Crippen LogP contribution < -0.4 is 9.47 Å². The van der Waals surface area contributed by atoms with Gasteiger partial charge < -0.3 is 14.4 Å². The van der Waals surface area contributed by atoms with Gasteiger partial charge in [0.1, 0.15) is 23.2 Å². The molecular weight excluding hydrogens is 425 g/mol. The number of para-hydroxylation sites is 1. The van der Waals surface area contributed by atoms with Crippen LogP contribution in [-0.2, 0) is 16.1 Å². The maximum absolute atomic E-state index is 14.4. The van der Waals surface area contributed by atoms with Crippen LogP contribution in [-0.4, -0.2) is 36.6 Å². The number of carbonyl (C=O) groups excluding carboxylic acids is 3. The minimum absolute atomic E-state index is 0.160. The number of hydrogen-bond donors (Lipinski definition) is 0. The Balaban J connectivity index is 1.81. The van der Waals surface area contributed by atoms with E-state index in [1.807, 2.05) is 0 Å². The molecule has 1 amide bonds. The largest absolute Gasteiger partial charge is 0.497 e. The number of nitrogens with zero attached hydrogens (tertiary/aromatic N) is 1. The number of likely N-dealkylation sites (tertiary alicyclic amines) is 1. The zero-order chi connectivity index (χ0) is 23.5. The maximum Gasteiger partial charge on any atom is 0.291 e. The molecule has 168 valence electrons. The van der Waals surface area contributed by atoms with Gasteiger partial charge in [-0.3, -0.25) is 14.4 Å². The molecule has 0 saturated carbocycles. The third kappa shape index (κ3) is 4.09. The van der Waals surface area contributed by atoms with E-state index in [2.05, 4.69) is 0 Å². The van der Waals surface area contributed by atoms with E-state index in [4.69, 9.17) is 9.47 Å². The molecule has 1 heterocycles. The first-order valence-electron chi connectivity index (χ1n) is 10.4. The first-order chi connectivity index (χ1) is 16.0. The highest BCUT2D eigenvalue weighted by Crippen LogP contribution is 2.42. The van der Waals surface area contributed by atoms with Crippen molar-refractivity contribution in [2.75, 3.05) is 14.2 Å². The summed E-state index contributed by atoms with van der Waals surface area (Å²) in [6.07, 6.45) is 0. The van der Waals surface area contributed by atoms with Gasteiger partial charge in [-0.25, -0.2) is 4.39 Å². The minimum Gasteiger partial charge on any atom is -0.497 e. The number of carbonyl (C=O) groups is 3. The normalized spacial score (nSPS) is 17.8. The molecule has 33 heavy (non-hydrogen) atoms. The van der Waals surface area contributed by atoms with Crippen LogP contribution in [0.5, 0.6) is 11.5 Å². The standard InChI is InChI=1S/C26H22FNO5/c1-32-18-13-11-16(12-14-18)24(29)22-23(19-8-4-6-10-21(19)33-2)28(26(31)25(22)30)15-17-7-3-5-9-20(17)27/h3-14,22-23H,15H2,1-2H3. The van der Waals surface area contributed by atoms with Crippen LogP contribution in [0, 0.1) is 11.7 Å². The zero-order valence-corrected chi connectivity index (χ0v) is 18.2. The Bertz CT molecular complexity index is 1210. The number of ether oxygens (including phenoxy) is 2. The second kappa shape index (κ2) is 9.24. The predicted molar refractivity (Wildman–Crippen MR) is 119 cm³/mol. The summed E-state index contributed by atoms with van der Waals surface area (Å²) >= 11 is 0. The lowest BCUT2D eigenvalue weighted by Gasteiger charge is -2.28. The van der Waals surface area contributed by atoms with E-state index in [9.17, 15) is 18.8 Å². The predicted octanol–water partition coefficient (Wildman–Crippen LogP) is 3.99. The second-order valence-corrected chi connectivity index (χ2v) is 7.65. The fourth-order valence-electron chi connectivity index (χ4n) is 4.16. The molecule has 1 aliphatic rings. The number of methoxy groups -OCH3 is 2. The Morgan fingerprint density at radius 1 is 0.909 bits per heavy atom.